The summed E-state index contributed by atoms with van der Waals surface area (Å²) < 4.78 is 37.3. The van der Waals surface area contributed by atoms with E-state index >= 15 is 0 Å². The molecule has 0 spiro atoms. The van der Waals surface area contributed by atoms with Crippen LogP contribution in [0, 0.1) is 0 Å². The van der Waals surface area contributed by atoms with Gasteiger partial charge in [0.15, 0.2) is 0 Å². The number of nitrogens with one attached hydrogen (secondary N) is 2. The lowest BCUT2D eigenvalue weighted by Crippen LogP contribution is -2.45. The van der Waals surface area contributed by atoms with Crippen molar-refractivity contribution < 1.29 is 27.5 Å². The highest BCUT2D eigenvalue weighted by molar-refractivity contribution is 9.10. The molecule has 0 unspecified atom stereocenters. The summed E-state index contributed by atoms with van der Waals surface area (Å²) >= 11 is 3.23. The van der Waals surface area contributed by atoms with Gasteiger partial charge in [-0.2, -0.15) is 0 Å². The Morgan fingerprint density at radius 1 is 1.19 bits per heavy atom. The average Bonchev–Trinajstić information content (AvgIpc) is 2.51. The van der Waals surface area contributed by atoms with E-state index in [0.29, 0.717) is 0 Å². The molecule has 0 aliphatic rings. The van der Waals surface area contributed by atoms with Crippen molar-refractivity contribution in [2.45, 2.75) is 43.7 Å². The Balaban J connectivity index is 2.68. The Labute approximate surface area is 161 Å². The van der Waals surface area contributed by atoms with Gasteiger partial charge >= 0.3 is 12.1 Å². The fourth-order valence-corrected chi connectivity index (χ4v) is 3.19. The first-order valence-corrected chi connectivity index (χ1v) is 10.0. The molecule has 0 fully saturated rings. The highest BCUT2D eigenvalue weighted by Gasteiger charge is 2.25. The summed E-state index contributed by atoms with van der Waals surface area (Å²) in [5.74, 6) is -0.696. The number of ether oxygens (including phenoxy) is 2. The van der Waals surface area contributed by atoms with Crippen LogP contribution < -0.4 is 10.0 Å². The molecule has 1 atom stereocenters. The quantitative estimate of drug-likeness (QED) is 0.615. The first-order chi connectivity index (χ1) is 11.9. The summed E-state index contributed by atoms with van der Waals surface area (Å²) in [4.78, 5) is 23.7. The van der Waals surface area contributed by atoms with E-state index in [-0.39, 0.29) is 17.9 Å². The number of carbonyl (C=O) groups excluding carboxylic acids is 2. The lowest BCUT2D eigenvalue weighted by Gasteiger charge is -2.22. The molecule has 0 heterocycles. The molecular formula is C16H23BrN2O6S. The number of alkyl carbamates (subject to hydrolysis) is 1. The lowest BCUT2D eigenvalue weighted by molar-refractivity contribution is -0.143. The number of sulfonamides is 1. The third-order valence-corrected chi connectivity index (χ3v) is 5.03. The minimum absolute atomic E-state index is 0.00166. The van der Waals surface area contributed by atoms with Gasteiger partial charge in [-0.3, -0.25) is 0 Å². The van der Waals surface area contributed by atoms with Crippen LogP contribution in [0.3, 0.4) is 0 Å². The lowest BCUT2D eigenvalue weighted by atomic mass is 10.2. The molecule has 0 aliphatic heterocycles. The maximum Gasteiger partial charge on any atom is 0.408 e. The van der Waals surface area contributed by atoms with Crippen LogP contribution in [0.2, 0.25) is 0 Å². The molecule has 1 aromatic rings. The third-order valence-electron chi connectivity index (χ3n) is 3.03. The van der Waals surface area contributed by atoms with E-state index in [1.54, 1.807) is 32.9 Å². The number of carbonyl (C=O) groups is 2. The first-order valence-electron chi connectivity index (χ1n) is 7.77. The second-order valence-electron chi connectivity index (χ2n) is 6.36. The largest absolute Gasteiger partial charge is 0.467 e. The van der Waals surface area contributed by atoms with Crippen LogP contribution in [0.4, 0.5) is 4.79 Å². The second kappa shape index (κ2) is 9.33. The molecular weight excluding hydrogens is 428 g/mol. The third kappa shape index (κ3) is 7.71. The highest BCUT2D eigenvalue weighted by atomic mass is 79.9. The van der Waals surface area contributed by atoms with E-state index in [1.165, 1.54) is 19.2 Å². The van der Waals surface area contributed by atoms with Gasteiger partial charge in [-0.15, -0.1) is 0 Å². The maximum absolute atomic E-state index is 12.2. The normalized spacial score (nSPS) is 13.0. The molecule has 0 saturated carbocycles. The number of esters is 1. The summed E-state index contributed by atoms with van der Waals surface area (Å²) in [7, 11) is -2.55. The van der Waals surface area contributed by atoms with E-state index < -0.39 is 33.7 Å². The number of hydrogen-bond acceptors (Lipinski definition) is 6. The van der Waals surface area contributed by atoms with Crippen LogP contribution in [0.1, 0.15) is 27.2 Å². The summed E-state index contributed by atoms with van der Waals surface area (Å²) in [5.41, 5.74) is -0.728. The molecule has 26 heavy (non-hydrogen) atoms. The number of rotatable bonds is 7. The Morgan fingerprint density at radius 3 is 2.27 bits per heavy atom. The summed E-state index contributed by atoms with van der Waals surface area (Å²) in [6, 6.07) is 5.07. The summed E-state index contributed by atoms with van der Waals surface area (Å²) in [6.45, 7) is 4.98. The zero-order valence-corrected chi connectivity index (χ0v) is 17.4. The Morgan fingerprint density at radius 2 is 1.77 bits per heavy atom. The monoisotopic (exact) mass is 450 g/mol. The number of halogens is 1. The predicted molar refractivity (Wildman–Crippen MR) is 99.1 cm³/mol. The van der Waals surface area contributed by atoms with Gasteiger partial charge in [0.25, 0.3) is 0 Å². The fraction of sp³-hybridized carbons (Fsp3) is 0.500. The molecule has 1 aromatic carbocycles. The van der Waals surface area contributed by atoms with Gasteiger partial charge < -0.3 is 14.8 Å². The van der Waals surface area contributed by atoms with E-state index in [4.69, 9.17) is 4.74 Å². The SMILES string of the molecule is COC(=O)[C@H](CCNS(=O)(=O)c1ccc(Br)cc1)NC(=O)OC(C)(C)C. The standard InChI is InChI=1S/C16H23BrN2O6S/c1-16(2,3)25-15(21)19-13(14(20)24-4)9-10-18-26(22,23)12-7-5-11(17)6-8-12/h5-8,13,18H,9-10H2,1-4H3,(H,19,21)/t13-/m0/s1. The molecule has 0 aliphatic carbocycles. The van der Waals surface area contributed by atoms with Gasteiger partial charge in [0.2, 0.25) is 10.0 Å². The van der Waals surface area contributed by atoms with E-state index in [1.807, 2.05) is 0 Å². The Hall–Kier alpha value is -1.65. The van der Waals surface area contributed by atoms with E-state index in [2.05, 4.69) is 30.7 Å². The summed E-state index contributed by atoms with van der Waals surface area (Å²) in [5, 5.41) is 2.38. The van der Waals surface area contributed by atoms with Crippen molar-refractivity contribution in [1.82, 2.24) is 10.0 Å². The van der Waals surface area contributed by atoms with Gasteiger partial charge in [-0.05, 0) is 51.5 Å². The number of hydrogen-bond donors (Lipinski definition) is 2. The minimum Gasteiger partial charge on any atom is -0.467 e. The zero-order chi connectivity index (χ0) is 20.0. The molecule has 146 valence electrons. The van der Waals surface area contributed by atoms with Crippen LogP contribution in [-0.2, 0) is 24.3 Å². The van der Waals surface area contributed by atoms with E-state index in [0.717, 1.165) is 4.47 Å². The number of amides is 1. The van der Waals surface area contributed by atoms with Crippen LogP contribution in [0.15, 0.2) is 33.6 Å². The van der Waals surface area contributed by atoms with Crippen molar-refractivity contribution in [2.24, 2.45) is 0 Å². The van der Waals surface area contributed by atoms with Crippen LogP contribution in [0.25, 0.3) is 0 Å². The van der Waals surface area contributed by atoms with Crippen molar-refractivity contribution in [3.05, 3.63) is 28.7 Å². The molecule has 0 radical (unpaired) electrons. The van der Waals surface area contributed by atoms with Crippen molar-refractivity contribution in [2.75, 3.05) is 13.7 Å². The van der Waals surface area contributed by atoms with Crippen LogP contribution in [0.5, 0.6) is 0 Å². The molecule has 10 heteroatoms. The maximum atomic E-state index is 12.2. The number of methoxy groups -OCH3 is 1. The first kappa shape index (κ1) is 22.4. The van der Waals surface area contributed by atoms with Gasteiger partial charge in [0, 0.05) is 11.0 Å². The van der Waals surface area contributed by atoms with Gasteiger partial charge in [-0.25, -0.2) is 22.7 Å². The molecule has 0 saturated heterocycles. The molecule has 0 bridgehead atoms. The fourth-order valence-electron chi connectivity index (χ4n) is 1.88. The molecule has 1 rings (SSSR count). The highest BCUT2D eigenvalue weighted by Crippen LogP contribution is 2.14. The summed E-state index contributed by atoms with van der Waals surface area (Å²) in [6.07, 6.45) is -0.787. The van der Waals surface area contributed by atoms with Crippen molar-refractivity contribution >= 4 is 38.0 Å². The molecule has 0 aromatic heterocycles. The molecule has 8 nitrogen and oxygen atoms in total. The molecule has 1 amide bonds. The van der Waals surface area contributed by atoms with Crippen molar-refractivity contribution in [1.29, 1.82) is 0 Å². The van der Waals surface area contributed by atoms with Crippen molar-refractivity contribution in [3.8, 4) is 0 Å². The Kier molecular flexibility index (Phi) is 8.04. The smallest absolute Gasteiger partial charge is 0.408 e. The van der Waals surface area contributed by atoms with E-state index in [9.17, 15) is 18.0 Å². The second-order valence-corrected chi connectivity index (χ2v) is 9.04. The predicted octanol–water partition coefficient (Wildman–Crippen LogP) is 2.18. The van der Waals surface area contributed by atoms with Crippen LogP contribution in [-0.4, -0.2) is 45.8 Å². The van der Waals surface area contributed by atoms with Gasteiger partial charge in [0.05, 0.1) is 12.0 Å². The average molecular weight is 451 g/mol. The number of benzene rings is 1. The van der Waals surface area contributed by atoms with Gasteiger partial charge in [0.1, 0.15) is 11.6 Å². The minimum atomic E-state index is -3.73. The Bertz CT molecular complexity index is 728. The van der Waals surface area contributed by atoms with Crippen LogP contribution >= 0.6 is 15.9 Å². The topological polar surface area (TPSA) is 111 Å². The zero-order valence-electron chi connectivity index (χ0n) is 15.0. The molecule has 2 N–H and O–H groups in total. The van der Waals surface area contributed by atoms with Gasteiger partial charge in [-0.1, -0.05) is 15.9 Å². The van der Waals surface area contributed by atoms with Crippen molar-refractivity contribution in [3.63, 3.8) is 0 Å².